The molecule has 0 aliphatic carbocycles. The van der Waals surface area contributed by atoms with Crippen molar-refractivity contribution in [2.75, 3.05) is 52.5 Å². The molecule has 0 aromatic rings. The average molecular weight is 375 g/mol. The second kappa shape index (κ2) is 7.87. The lowest BCUT2D eigenvalue weighted by Crippen LogP contribution is -2.62. The van der Waals surface area contributed by atoms with E-state index in [1.54, 1.807) is 9.21 Å². The molecule has 0 saturated carbocycles. The molecule has 0 unspecified atom stereocenters. The molecule has 3 rings (SSSR count). The van der Waals surface area contributed by atoms with Gasteiger partial charge >= 0.3 is 0 Å². The molecule has 3 saturated heterocycles. The third-order valence-corrected chi connectivity index (χ3v) is 7.59. The van der Waals surface area contributed by atoms with Crippen molar-refractivity contribution in [3.05, 3.63) is 0 Å². The first kappa shape index (κ1) is 19.0. The molecule has 0 spiro atoms. The van der Waals surface area contributed by atoms with Gasteiger partial charge in [-0.2, -0.15) is 17.0 Å². The number of rotatable bonds is 3. The second-order valence-electron chi connectivity index (χ2n) is 7.28. The highest BCUT2D eigenvalue weighted by atomic mass is 32.2. The first-order valence-corrected chi connectivity index (χ1v) is 10.7. The van der Waals surface area contributed by atoms with Crippen molar-refractivity contribution in [2.45, 2.75) is 44.1 Å². The summed E-state index contributed by atoms with van der Waals surface area (Å²) in [4.78, 5) is 14.5. The van der Waals surface area contributed by atoms with Gasteiger partial charge in [-0.3, -0.25) is 4.79 Å². The summed E-state index contributed by atoms with van der Waals surface area (Å²) in [5.74, 6) is -0.0670. The summed E-state index contributed by atoms with van der Waals surface area (Å²) >= 11 is 0. The van der Waals surface area contributed by atoms with Crippen molar-refractivity contribution in [3.8, 4) is 0 Å². The third-order valence-electron chi connectivity index (χ3n) is 5.55. The SMILES string of the molecule is NC1(C(=O)N2CCN(S(=O)(=O)N3CCCCCC3)CC2)CCOCC1. The van der Waals surface area contributed by atoms with Crippen molar-refractivity contribution in [3.63, 3.8) is 0 Å². The Morgan fingerprint density at radius 1 is 0.840 bits per heavy atom. The normalized spacial score (nSPS) is 27.0. The Hall–Kier alpha value is -0.740. The van der Waals surface area contributed by atoms with Crippen LogP contribution in [-0.2, 0) is 19.7 Å². The Morgan fingerprint density at radius 2 is 1.36 bits per heavy atom. The number of hydrogen-bond acceptors (Lipinski definition) is 5. The molecule has 3 aliphatic heterocycles. The summed E-state index contributed by atoms with van der Waals surface area (Å²) in [7, 11) is -3.42. The Morgan fingerprint density at radius 3 is 1.92 bits per heavy atom. The maximum absolute atomic E-state index is 12.8. The largest absolute Gasteiger partial charge is 0.381 e. The first-order chi connectivity index (χ1) is 11.9. The number of amides is 1. The van der Waals surface area contributed by atoms with Gasteiger partial charge in [0.05, 0.1) is 5.54 Å². The molecule has 0 aromatic carbocycles. The molecule has 8 nitrogen and oxygen atoms in total. The number of piperazine rings is 1. The monoisotopic (exact) mass is 374 g/mol. The van der Waals surface area contributed by atoms with Crippen LogP contribution in [0.2, 0.25) is 0 Å². The van der Waals surface area contributed by atoms with Crippen LogP contribution in [0.25, 0.3) is 0 Å². The molecule has 3 heterocycles. The van der Waals surface area contributed by atoms with Crippen LogP contribution >= 0.6 is 0 Å². The van der Waals surface area contributed by atoms with Gasteiger partial charge in [-0.25, -0.2) is 0 Å². The minimum absolute atomic E-state index is 0.0670. The van der Waals surface area contributed by atoms with E-state index in [1.807, 2.05) is 0 Å². The quantitative estimate of drug-likeness (QED) is 0.735. The Bertz CT molecular complexity index is 561. The molecule has 3 aliphatic rings. The number of carbonyl (C=O) groups excluding carboxylic acids is 1. The fourth-order valence-corrected chi connectivity index (χ4v) is 5.49. The van der Waals surface area contributed by atoms with E-state index in [9.17, 15) is 13.2 Å². The summed E-state index contributed by atoms with van der Waals surface area (Å²) in [5.41, 5.74) is 5.42. The third kappa shape index (κ3) is 4.16. The highest BCUT2D eigenvalue weighted by molar-refractivity contribution is 7.86. The maximum atomic E-state index is 12.8. The van der Waals surface area contributed by atoms with Gasteiger partial charge in [-0.05, 0) is 25.7 Å². The fourth-order valence-electron chi connectivity index (χ4n) is 3.82. The van der Waals surface area contributed by atoms with E-state index < -0.39 is 15.7 Å². The van der Waals surface area contributed by atoms with Crippen molar-refractivity contribution in [2.24, 2.45) is 5.73 Å². The smallest absolute Gasteiger partial charge is 0.282 e. The Kier molecular flexibility index (Phi) is 5.99. The van der Waals surface area contributed by atoms with Crippen LogP contribution in [0.5, 0.6) is 0 Å². The van der Waals surface area contributed by atoms with Crippen molar-refractivity contribution < 1.29 is 17.9 Å². The van der Waals surface area contributed by atoms with Gasteiger partial charge in [0, 0.05) is 52.5 Å². The predicted molar refractivity (Wildman–Crippen MR) is 94.1 cm³/mol. The zero-order chi connectivity index (χ0) is 17.9. The lowest BCUT2D eigenvalue weighted by atomic mass is 9.89. The van der Waals surface area contributed by atoms with E-state index >= 15 is 0 Å². The van der Waals surface area contributed by atoms with Crippen LogP contribution in [0.4, 0.5) is 0 Å². The first-order valence-electron chi connectivity index (χ1n) is 9.35. The molecular formula is C16H30N4O4S. The van der Waals surface area contributed by atoms with Crippen LogP contribution < -0.4 is 5.73 Å². The highest BCUT2D eigenvalue weighted by Crippen LogP contribution is 2.23. The number of nitrogens with zero attached hydrogens (tertiary/aromatic N) is 3. The zero-order valence-corrected chi connectivity index (χ0v) is 15.7. The predicted octanol–water partition coefficient (Wildman–Crippen LogP) is -0.241. The van der Waals surface area contributed by atoms with Crippen LogP contribution in [0.3, 0.4) is 0 Å². The van der Waals surface area contributed by atoms with Gasteiger partial charge in [0.15, 0.2) is 0 Å². The van der Waals surface area contributed by atoms with E-state index in [4.69, 9.17) is 10.5 Å². The summed E-state index contributed by atoms with van der Waals surface area (Å²) in [6.45, 7) is 3.73. The minimum atomic E-state index is -3.42. The number of hydrogen-bond donors (Lipinski definition) is 1. The fraction of sp³-hybridized carbons (Fsp3) is 0.938. The van der Waals surface area contributed by atoms with E-state index in [-0.39, 0.29) is 5.91 Å². The van der Waals surface area contributed by atoms with E-state index in [1.165, 1.54) is 4.31 Å². The van der Waals surface area contributed by atoms with Gasteiger partial charge in [-0.1, -0.05) is 12.8 Å². The molecule has 144 valence electrons. The van der Waals surface area contributed by atoms with Crippen molar-refractivity contribution in [1.82, 2.24) is 13.5 Å². The van der Waals surface area contributed by atoms with Crippen LogP contribution in [0, 0.1) is 0 Å². The van der Waals surface area contributed by atoms with E-state index in [0.29, 0.717) is 65.3 Å². The van der Waals surface area contributed by atoms with Gasteiger partial charge in [0.2, 0.25) is 5.91 Å². The molecule has 0 aromatic heterocycles. The number of carbonyl (C=O) groups is 1. The zero-order valence-electron chi connectivity index (χ0n) is 14.9. The van der Waals surface area contributed by atoms with Crippen LogP contribution in [0.1, 0.15) is 38.5 Å². The highest BCUT2D eigenvalue weighted by Gasteiger charge is 2.41. The molecule has 3 fully saturated rings. The van der Waals surface area contributed by atoms with E-state index in [0.717, 1.165) is 25.7 Å². The van der Waals surface area contributed by atoms with Gasteiger partial charge in [0.1, 0.15) is 0 Å². The minimum Gasteiger partial charge on any atom is -0.381 e. The van der Waals surface area contributed by atoms with Crippen LogP contribution in [0.15, 0.2) is 0 Å². The summed E-state index contributed by atoms with van der Waals surface area (Å²) in [6.07, 6.45) is 5.09. The molecule has 1 amide bonds. The number of nitrogens with two attached hydrogens (primary N) is 1. The summed E-state index contributed by atoms with van der Waals surface area (Å²) < 4.78 is 34.1. The van der Waals surface area contributed by atoms with Crippen molar-refractivity contribution in [1.29, 1.82) is 0 Å². The van der Waals surface area contributed by atoms with Crippen LogP contribution in [-0.4, -0.2) is 85.9 Å². The molecule has 0 atom stereocenters. The molecule has 0 radical (unpaired) electrons. The molecule has 2 N–H and O–H groups in total. The molecule has 0 bridgehead atoms. The van der Waals surface area contributed by atoms with Crippen molar-refractivity contribution >= 4 is 16.1 Å². The lowest BCUT2D eigenvalue weighted by Gasteiger charge is -2.41. The topological polar surface area (TPSA) is 96.2 Å². The lowest BCUT2D eigenvalue weighted by molar-refractivity contribution is -0.141. The van der Waals surface area contributed by atoms with Gasteiger partial charge < -0.3 is 15.4 Å². The van der Waals surface area contributed by atoms with Gasteiger partial charge in [0.25, 0.3) is 10.2 Å². The average Bonchev–Trinajstić information content (AvgIpc) is 2.92. The Balaban J connectivity index is 1.58. The Labute approximate surface area is 150 Å². The summed E-state index contributed by atoms with van der Waals surface area (Å²) in [5, 5.41) is 0. The van der Waals surface area contributed by atoms with Gasteiger partial charge in [-0.15, -0.1) is 0 Å². The molecule has 25 heavy (non-hydrogen) atoms. The summed E-state index contributed by atoms with van der Waals surface area (Å²) in [6, 6.07) is 0. The molecule has 9 heteroatoms. The van der Waals surface area contributed by atoms with E-state index in [2.05, 4.69) is 0 Å². The molecular weight excluding hydrogens is 344 g/mol. The standard InChI is InChI=1S/C16H30N4O4S/c17-16(5-13-24-14-6-16)15(21)18-9-11-20(12-10-18)25(22,23)19-7-3-1-2-4-8-19/h1-14,17H2. The maximum Gasteiger partial charge on any atom is 0.282 e. The number of ether oxygens (including phenoxy) is 1. The second-order valence-corrected chi connectivity index (χ2v) is 9.21.